The van der Waals surface area contributed by atoms with Gasteiger partial charge in [-0.25, -0.2) is 13.6 Å². The van der Waals surface area contributed by atoms with E-state index < -0.39 is 30.3 Å². The summed E-state index contributed by atoms with van der Waals surface area (Å²) in [5.74, 6) is -2.15. The fourth-order valence-electron chi connectivity index (χ4n) is 2.33. The Labute approximate surface area is 153 Å². The minimum atomic E-state index is -3.05. The van der Waals surface area contributed by atoms with E-state index in [-0.39, 0.29) is 17.2 Å². The van der Waals surface area contributed by atoms with Crippen molar-refractivity contribution in [3.05, 3.63) is 53.6 Å². The third-order valence-corrected chi connectivity index (χ3v) is 3.96. The summed E-state index contributed by atoms with van der Waals surface area (Å²) in [5.41, 5.74) is 0.587. The van der Waals surface area contributed by atoms with Crippen molar-refractivity contribution in [2.45, 2.75) is 19.6 Å². The maximum Gasteiger partial charge on any atom is 0.387 e. The molecule has 2 aromatic rings. The first kappa shape index (κ1) is 20.3. The number of ether oxygens (including phenoxy) is 2. The molecule has 2 amide bonds. The van der Waals surface area contributed by atoms with Crippen molar-refractivity contribution in [2.24, 2.45) is 0 Å². The molecule has 0 aliphatic carbocycles. The van der Waals surface area contributed by atoms with Gasteiger partial charge in [0, 0.05) is 18.8 Å². The van der Waals surface area contributed by atoms with E-state index in [1.165, 1.54) is 43.3 Å². The van der Waals surface area contributed by atoms with Gasteiger partial charge in [-0.2, -0.15) is 8.78 Å². The number of anilines is 1. The van der Waals surface area contributed by atoms with E-state index >= 15 is 0 Å². The van der Waals surface area contributed by atoms with Crippen molar-refractivity contribution in [2.75, 3.05) is 19.5 Å². The molecule has 0 spiro atoms. The van der Waals surface area contributed by atoms with E-state index in [1.54, 1.807) is 6.92 Å². The number of nitrogens with one attached hydrogen (secondary N) is 1. The van der Waals surface area contributed by atoms with Crippen LogP contribution in [0.1, 0.15) is 18.5 Å². The predicted molar refractivity (Wildman–Crippen MR) is 91.2 cm³/mol. The van der Waals surface area contributed by atoms with E-state index in [0.29, 0.717) is 5.56 Å². The van der Waals surface area contributed by atoms with Crippen LogP contribution in [0.25, 0.3) is 0 Å². The molecule has 1 N–H and O–H groups in total. The smallest absolute Gasteiger partial charge is 0.387 e. The van der Waals surface area contributed by atoms with Crippen LogP contribution in [0.3, 0.4) is 0 Å². The second kappa shape index (κ2) is 8.61. The number of hydrogen-bond acceptors (Lipinski definition) is 3. The first-order chi connectivity index (χ1) is 12.7. The maximum absolute atomic E-state index is 13.4. The number of urea groups is 1. The van der Waals surface area contributed by atoms with E-state index in [9.17, 15) is 22.4 Å². The Morgan fingerprint density at radius 3 is 2.37 bits per heavy atom. The van der Waals surface area contributed by atoms with E-state index in [2.05, 4.69) is 10.1 Å². The maximum atomic E-state index is 13.4. The van der Waals surface area contributed by atoms with Crippen LogP contribution in [-0.2, 0) is 0 Å². The number of methoxy groups -OCH3 is 1. The van der Waals surface area contributed by atoms with E-state index in [0.717, 1.165) is 12.1 Å². The molecule has 0 fully saturated rings. The van der Waals surface area contributed by atoms with E-state index in [4.69, 9.17) is 4.74 Å². The quantitative estimate of drug-likeness (QED) is 0.726. The zero-order valence-corrected chi connectivity index (χ0v) is 14.8. The van der Waals surface area contributed by atoms with Crippen LogP contribution in [0, 0.1) is 11.6 Å². The van der Waals surface area contributed by atoms with Crippen LogP contribution in [-0.4, -0.2) is 31.7 Å². The van der Waals surface area contributed by atoms with Gasteiger partial charge in [-0.1, -0.05) is 6.07 Å². The Bertz CT molecular complexity index is 817. The summed E-state index contributed by atoms with van der Waals surface area (Å²) in [7, 11) is 2.75. The predicted octanol–water partition coefficient (Wildman–Crippen LogP) is 4.80. The monoisotopic (exact) mass is 386 g/mol. The standard InChI is InChI=1S/C18H18F4N2O3/c1-10(11-4-6-13(19)14(20)8-11)24(2)18(25)23-12-5-7-15(26-3)16(9-12)27-17(21)22/h4-10,17H,1-3H3,(H,23,25)/t10-/m1/s1. The summed E-state index contributed by atoms with van der Waals surface area (Å²) in [4.78, 5) is 13.6. The summed E-state index contributed by atoms with van der Waals surface area (Å²) < 4.78 is 60.7. The van der Waals surface area contributed by atoms with Crippen LogP contribution >= 0.6 is 0 Å². The first-order valence-electron chi connectivity index (χ1n) is 7.84. The average Bonchev–Trinajstić information content (AvgIpc) is 2.62. The summed E-state index contributed by atoms with van der Waals surface area (Å²) in [6, 6.07) is 6.21. The van der Waals surface area contributed by atoms with Crippen LogP contribution in [0.2, 0.25) is 0 Å². The number of carbonyl (C=O) groups is 1. The van der Waals surface area contributed by atoms with Crippen molar-refractivity contribution in [3.8, 4) is 11.5 Å². The van der Waals surface area contributed by atoms with Crippen LogP contribution in [0.4, 0.5) is 28.0 Å². The molecule has 0 radical (unpaired) electrons. The lowest BCUT2D eigenvalue weighted by molar-refractivity contribution is -0.0511. The molecule has 5 nitrogen and oxygen atoms in total. The molecule has 0 saturated heterocycles. The topological polar surface area (TPSA) is 50.8 Å². The molecule has 0 aliphatic heterocycles. The van der Waals surface area contributed by atoms with Gasteiger partial charge in [0.15, 0.2) is 23.1 Å². The zero-order valence-electron chi connectivity index (χ0n) is 14.8. The molecule has 0 aliphatic rings. The molecule has 0 heterocycles. The molecule has 0 bridgehead atoms. The molecule has 27 heavy (non-hydrogen) atoms. The van der Waals surface area contributed by atoms with Crippen molar-refractivity contribution in [3.63, 3.8) is 0 Å². The number of halogens is 4. The number of benzene rings is 2. The molecule has 1 atom stereocenters. The molecular formula is C18H18F4N2O3. The Balaban J connectivity index is 2.14. The van der Waals surface area contributed by atoms with Crippen LogP contribution in [0.15, 0.2) is 36.4 Å². The van der Waals surface area contributed by atoms with Gasteiger partial charge in [0.1, 0.15) is 0 Å². The van der Waals surface area contributed by atoms with Crippen molar-refractivity contribution < 1.29 is 31.8 Å². The highest BCUT2D eigenvalue weighted by Crippen LogP contribution is 2.32. The van der Waals surface area contributed by atoms with Gasteiger partial charge >= 0.3 is 12.6 Å². The van der Waals surface area contributed by atoms with Gasteiger partial charge in [0.2, 0.25) is 0 Å². The Kier molecular flexibility index (Phi) is 6.49. The lowest BCUT2D eigenvalue weighted by atomic mass is 10.1. The largest absolute Gasteiger partial charge is 0.493 e. The number of rotatable bonds is 6. The second-order valence-corrected chi connectivity index (χ2v) is 5.63. The highest BCUT2D eigenvalue weighted by atomic mass is 19.3. The number of alkyl halides is 2. The lowest BCUT2D eigenvalue weighted by Gasteiger charge is -2.26. The molecule has 2 rings (SSSR count). The fraction of sp³-hybridized carbons (Fsp3) is 0.278. The average molecular weight is 386 g/mol. The number of amides is 2. The molecule has 0 unspecified atom stereocenters. The fourth-order valence-corrected chi connectivity index (χ4v) is 2.33. The third kappa shape index (κ3) is 5.02. The first-order valence-corrected chi connectivity index (χ1v) is 7.84. The highest BCUT2D eigenvalue weighted by Gasteiger charge is 2.20. The highest BCUT2D eigenvalue weighted by molar-refractivity contribution is 5.89. The minimum Gasteiger partial charge on any atom is -0.493 e. The molecule has 0 saturated carbocycles. The SMILES string of the molecule is COc1ccc(NC(=O)N(C)[C@H](C)c2ccc(F)c(F)c2)cc1OC(F)F. The second-order valence-electron chi connectivity index (χ2n) is 5.63. The Morgan fingerprint density at radius 2 is 1.78 bits per heavy atom. The molecule has 2 aromatic carbocycles. The van der Waals surface area contributed by atoms with Gasteiger partial charge in [0.05, 0.1) is 13.2 Å². The number of nitrogens with zero attached hydrogens (tertiary/aromatic N) is 1. The third-order valence-electron chi connectivity index (χ3n) is 3.96. The van der Waals surface area contributed by atoms with Crippen LogP contribution < -0.4 is 14.8 Å². The van der Waals surface area contributed by atoms with Crippen LogP contribution in [0.5, 0.6) is 11.5 Å². The summed E-state index contributed by atoms with van der Waals surface area (Å²) in [6.45, 7) is -1.42. The van der Waals surface area contributed by atoms with Crippen molar-refractivity contribution >= 4 is 11.7 Å². The lowest BCUT2D eigenvalue weighted by Crippen LogP contribution is -2.33. The van der Waals surface area contributed by atoms with Gasteiger partial charge < -0.3 is 19.7 Å². The zero-order chi connectivity index (χ0) is 20.1. The van der Waals surface area contributed by atoms with Gasteiger partial charge in [-0.05, 0) is 36.8 Å². The Morgan fingerprint density at radius 1 is 1.07 bits per heavy atom. The molecule has 146 valence electrons. The Hall–Kier alpha value is -2.97. The van der Waals surface area contributed by atoms with Gasteiger partial charge in [0.25, 0.3) is 0 Å². The summed E-state index contributed by atoms with van der Waals surface area (Å²) in [6.07, 6.45) is 0. The summed E-state index contributed by atoms with van der Waals surface area (Å²) >= 11 is 0. The number of hydrogen-bond donors (Lipinski definition) is 1. The summed E-state index contributed by atoms with van der Waals surface area (Å²) in [5, 5.41) is 2.52. The molecule has 9 heteroatoms. The van der Waals surface area contributed by atoms with Gasteiger partial charge in [-0.3, -0.25) is 0 Å². The van der Waals surface area contributed by atoms with Gasteiger partial charge in [-0.15, -0.1) is 0 Å². The molecule has 0 aromatic heterocycles. The number of carbonyl (C=O) groups excluding carboxylic acids is 1. The minimum absolute atomic E-state index is 0.0804. The normalized spacial score (nSPS) is 11.9. The molecular weight excluding hydrogens is 368 g/mol. The van der Waals surface area contributed by atoms with E-state index in [1.807, 2.05) is 0 Å². The van der Waals surface area contributed by atoms with Crippen molar-refractivity contribution in [1.29, 1.82) is 0 Å². The van der Waals surface area contributed by atoms with Crippen molar-refractivity contribution in [1.82, 2.24) is 4.90 Å².